The number of aromatic hydroxyl groups is 1. The zero-order valence-electron chi connectivity index (χ0n) is 17.9. The van der Waals surface area contributed by atoms with E-state index in [9.17, 15) is 14.7 Å². The van der Waals surface area contributed by atoms with Crippen molar-refractivity contribution in [3.63, 3.8) is 0 Å². The molecule has 4 rings (SSSR count). The maximum Gasteiger partial charge on any atom is 0.276 e. The minimum Gasteiger partial charge on any atom is -0.504 e. The van der Waals surface area contributed by atoms with E-state index in [1.807, 2.05) is 0 Å². The molecule has 168 valence electrons. The number of benzene rings is 1. The average Bonchev–Trinajstić information content (AvgIpc) is 3.10. The number of nitrogens with zero attached hydrogens (tertiary/aromatic N) is 3. The Morgan fingerprint density at radius 3 is 2.69 bits per heavy atom. The lowest BCUT2D eigenvalue weighted by Crippen LogP contribution is -2.48. The van der Waals surface area contributed by atoms with Crippen LogP contribution in [0.25, 0.3) is 10.2 Å². The summed E-state index contributed by atoms with van der Waals surface area (Å²) in [5.74, 6) is 0.140. The van der Waals surface area contributed by atoms with Gasteiger partial charge in [-0.2, -0.15) is 0 Å². The number of anilines is 1. The zero-order chi connectivity index (χ0) is 22.7. The van der Waals surface area contributed by atoms with Gasteiger partial charge in [0, 0.05) is 23.9 Å². The van der Waals surface area contributed by atoms with E-state index < -0.39 is 5.91 Å². The third kappa shape index (κ3) is 4.59. The van der Waals surface area contributed by atoms with Crippen molar-refractivity contribution in [2.75, 3.05) is 24.6 Å². The van der Waals surface area contributed by atoms with E-state index in [-0.39, 0.29) is 29.9 Å². The quantitative estimate of drug-likeness (QED) is 0.506. The number of ether oxygens (including phenoxy) is 1. The van der Waals surface area contributed by atoms with Crippen LogP contribution in [0.4, 0.5) is 5.82 Å². The molecular formula is C22H25N5O4S. The molecule has 0 unspecified atom stereocenters. The molecule has 9 nitrogen and oxygen atoms in total. The van der Waals surface area contributed by atoms with Gasteiger partial charge in [-0.1, -0.05) is 12.1 Å². The number of fused-ring (bicyclic) bond motifs is 1. The number of carbonyl (C=O) groups is 2. The molecule has 1 aromatic carbocycles. The van der Waals surface area contributed by atoms with Crippen LogP contribution in [0.15, 0.2) is 30.6 Å². The fraction of sp³-hybridized carbons (Fsp3) is 0.364. The first-order valence-corrected chi connectivity index (χ1v) is 11.2. The third-order valence-corrected chi connectivity index (χ3v) is 6.78. The van der Waals surface area contributed by atoms with Gasteiger partial charge in [0.25, 0.3) is 5.91 Å². The molecule has 32 heavy (non-hydrogen) atoms. The van der Waals surface area contributed by atoms with E-state index in [1.165, 1.54) is 16.5 Å². The minimum absolute atomic E-state index is 0.0511. The van der Waals surface area contributed by atoms with E-state index in [0.717, 1.165) is 16.0 Å². The van der Waals surface area contributed by atoms with Crippen LogP contribution in [0.1, 0.15) is 23.3 Å². The van der Waals surface area contributed by atoms with Gasteiger partial charge in [0.2, 0.25) is 5.91 Å². The molecule has 3 N–H and O–H groups in total. The van der Waals surface area contributed by atoms with E-state index in [2.05, 4.69) is 39.6 Å². The third-order valence-electron chi connectivity index (χ3n) is 5.66. The molecule has 1 aliphatic heterocycles. The number of piperidine rings is 1. The lowest BCUT2D eigenvalue weighted by molar-refractivity contribution is -0.132. The summed E-state index contributed by atoms with van der Waals surface area (Å²) in [5, 5.41) is 10.7. The molecule has 0 saturated carbocycles. The predicted molar refractivity (Wildman–Crippen MR) is 122 cm³/mol. The number of para-hydroxylation sites is 2. The van der Waals surface area contributed by atoms with Crippen molar-refractivity contribution in [3.05, 3.63) is 41.0 Å². The highest BCUT2D eigenvalue weighted by Crippen LogP contribution is 2.35. The van der Waals surface area contributed by atoms with Gasteiger partial charge in [0.05, 0.1) is 5.39 Å². The fourth-order valence-corrected chi connectivity index (χ4v) is 4.74. The number of phenolic OH excluding ortho intramolecular Hbond substituents is 1. The average molecular weight is 456 g/mol. The highest BCUT2D eigenvalue weighted by molar-refractivity contribution is 7.18. The first-order chi connectivity index (χ1) is 15.4. The Labute approximate surface area is 189 Å². The molecular weight excluding hydrogens is 430 g/mol. The summed E-state index contributed by atoms with van der Waals surface area (Å²) in [4.78, 5) is 37.8. The Morgan fingerprint density at radius 1 is 1.19 bits per heavy atom. The fourth-order valence-electron chi connectivity index (χ4n) is 3.75. The zero-order valence-corrected chi connectivity index (χ0v) is 18.7. The SMILES string of the molecule is Cc1sc2ncnc(N3CCC(C(=O)NNC(=O)COc4ccccc4O)CC3)c2c1C. The van der Waals surface area contributed by atoms with Crippen LogP contribution in [-0.2, 0) is 9.59 Å². The first-order valence-electron chi connectivity index (χ1n) is 10.4. The molecule has 10 heteroatoms. The Kier molecular flexibility index (Phi) is 6.40. The number of amides is 2. The van der Waals surface area contributed by atoms with E-state index in [4.69, 9.17) is 4.74 Å². The molecule has 1 fully saturated rings. The van der Waals surface area contributed by atoms with Crippen LogP contribution in [0, 0.1) is 19.8 Å². The summed E-state index contributed by atoms with van der Waals surface area (Å²) in [6.45, 7) is 5.25. The first kappa shape index (κ1) is 21.8. The Bertz CT molecular complexity index is 1140. The van der Waals surface area contributed by atoms with Crippen molar-refractivity contribution in [1.29, 1.82) is 0 Å². The number of hydrogen-bond donors (Lipinski definition) is 3. The van der Waals surface area contributed by atoms with Crippen LogP contribution in [0.5, 0.6) is 11.5 Å². The van der Waals surface area contributed by atoms with Gasteiger partial charge < -0.3 is 14.7 Å². The number of carbonyl (C=O) groups excluding carboxylic acids is 2. The summed E-state index contributed by atoms with van der Waals surface area (Å²) in [5.41, 5.74) is 6.05. The lowest BCUT2D eigenvalue weighted by Gasteiger charge is -2.32. The van der Waals surface area contributed by atoms with Gasteiger partial charge >= 0.3 is 0 Å². The monoisotopic (exact) mass is 455 g/mol. The van der Waals surface area contributed by atoms with E-state index in [1.54, 1.807) is 35.9 Å². The number of aromatic nitrogens is 2. The van der Waals surface area contributed by atoms with Crippen LogP contribution in [0.3, 0.4) is 0 Å². The molecule has 0 atom stereocenters. The highest BCUT2D eigenvalue weighted by Gasteiger charge is 2.27. The van der Waals surface area contributed by atoms with Gasteiger partial charge in [-0.3, -0.25) is 20.4 Å². The summed E-state index contributed by atoms with van der Waals surface area (Å²) < 4.78 is 5.25. The molecule has 2 aromatic heterocycles. The summed E-state index contributed by atoms with van der Waals surface area (Å²) in [7, 11) is 0. The molecule has 2 amide bonds. The van der Waals surface area contributed by atoms with Gasteiger partial charge in [-0.05, 0) is 44.4 Å². The molecule has 0 bridgehead atoms. The Morgan fingerprint density at radius 2 is 1.94 bits per heavy atom. The molecule has 1 saturated heterocycles. The van der Waals surface area contributed by atoms with Crippen molar-refractivity contribution in [2.24, 2.45) is 5.92 Å². The van der Waals surface area contributed by atoms with Crippen molar-refractivity contribution >= 4 is 39.2 Å². The Hall–Kier alpha value is -3.40. The van der Waals surface area contributed by atoms with Gasteiger partial charge in [-0.15, -0.1) is 11.3 Å². The number of hydrogen-bond acceptors (Lipinski definition) is 8. The number of phenols is 1. The number of hydrazine groups is 1. The highest BCUT2D eigenvalue weighted by atomic mass is 32.1. The normalized spacial score (nSPS) is 14.4. The second kappa shape index (κ2) is 9.39. The van der Waals surface area contributed by atoms with Crippen molar-refractivity contribution in [1.82, 2.24) is 20.8 Å². The lowest BCUT2D eigenvalue weighted by atomic mass is 9.96. The second-order valence-electron chi connectivity index (χ2n) is 7.72. The van der Waals surface area contributed by atoms with Crippen LogP contribution in [0.2, 0.25) is 0 Å². The van der Waals surface area contributed by atoms with Crippen LogP contribution >= 0.6 is 11.3 Å². The summed E-state index contributed by atoms with van der Waals surface area (Å²) in [6, 6.07) is 6.37. The smallest absolute Gasteiger partial charge is 0.276 e. The number of aryl methyl sites for hydroxylation is 2. The van der Waals surface area contributed by atoms with Crippen molar-refractivity contribution in [2.45, 2.75) is 26.7 Å². The minimum atomic E-state index is -0.509. The van der Waals surface area contributed by atoms with Crippen molar-refractivity contribution < 1.29 is 19.4 Å². The standard InChI is InChI=1S/C22H25N5O4S/c1-13-14(2)32-22-19(13)20(23-12-24-22)27-9-7-15(8-10-27)21(30)26-25-18(29)11-31-17-6-4-3-5-16(17)28/h3-6,12,15,28H,7-11H2,1-2H3,(H,25,29)(H,26,30). The molecule has 1 aliphatic rings. The molecule has 3 heterocycles. The predicted octanol–water partition coefficient (Wildman–Crippen LogP) is 2.46. The van der Waals surface area contributed by atoms with Gasteiger partial charge in [-0.25, -0.2) is 9.97 Å². The van der Waals surface area contributed by atoms with Gasteiger partial charge in [0.15, 0.2) is 18.1 Å². The Balaban J connectivity index is 1.27. The van der Waals surface area contributed by atoms with Gasteiger partial charge in [0.1, 0.15) is 17.0 Å². The molecule has 0 radical (unpaired) electrons. The molecule has 0 aliphatic carbocycles. The largest absolute Gasteiger partial charge is 0.504 e. The number of rotatable bonds is 5. The van der Waals surface area contributed by atoms with Crippen LogP contribution in [-0.4, -0.2) is 46.6 Å². The van der Waals surface area contributed by atoms with Crippen LogP contribution < -0.4 is 20.5 Å². The molecule has 0 spiro atoms. The molecule has 3 aromatic rings. The number of thiophene rings is 1. The summed E-state index contributed by atoms with van der Waals surface area (Å²) >= 11 is 1.67. The van der Waals surface area contributed by atoms with Crippen molar-refractivity contribution in [3.8, 4) is 11.5 Å². The summed E-state index contributed by atoms with van der Waals surface area (Å²) in [6.07, 6.45) is 2.91. The van der Waals surface area contributed by atoms with E-state index >= 15 is 0 Å². The second-order valence-corrected chi connectivity index (χ2v) is 8.92. The maximum absolute atomic E-state index is 12.5. The maximum atomic E-state index is 12.5. The van der Waals surface area contributed by atoms with E-state index in [0.29, 0.717) is 25.9 Å². The topological polar surface area (TPSA) is 117 Å². The number of nitrogens with one attached hydrogen (secondary N) is 2.